The Balaban J connectivity index is 1.88. The van der Waals surface area contributed by atoms with Crippen LogP contribution in [0.1, 0.15) is 25.2 Å². The normalized spacial score (nSPS) is 16.4. The smallest absolute Gasteiger partial charge is 0.357 e. The number of ether oxygens (including phenoxy) is 2. The summed E-state index contributed by atoms with van der Waals surface area (Å²) < 4.78 is 11.7. The zero-order valence-electron chi connectivity index (χ0n) is 17.3. The summed E-state index contributed by atoms with van der Waals surface area (Å²) in [7, 11) is 0. The van der Waals surface area contributed by atoms with Gasteiger partial charge in [-0.2, -0.15) is 4.68 Å². The minimum Gasteiger partial charge on any atom is -0.463 e. The molecule has 0 aliphatic carbocycles. The number of benzene rings is 1. The summed E-state index contributed by atoms with van der Waals surface area (Å²) in [6, 6.07) is 7.99. The minimum atomic E-state index is -0.740. The Morgan fingerprint density at radius 1 is 1.23 bits per heavy atom. The van der Waals surface area contributed by atoms with Crippen molar-refractivity contribution in [2.45, 2.75) is 26.8 Å². The lowest BCUT2D eigenvalue weighted by molar-refractivity contribution is -0.140. The number of nitrogens with one attached hydrogen (secondary N) is 2. The van der Waals surface area contributed by atoms with E-state index in [4.69, 9.17) is 9.47 Å². The predicted molar refractivity (Wildman–Crippen MR) is 109 cm³/mol. The molecule has 1 unspecified atom stereocenters. The molecule has 2 aromatic rings. The van der Waals surface area contributed by atoms with Crippen molar-refractivity contribution >= 4 is 29.7 Å². The van der Waals surface area contributed by atoms with Crippen molar-refractivity contribution in [3.05, 3.63) is 53.0 Å². The van der Waals surface area contributed by atoms with E-state index in [0.717, 1.165) is 5.56 Å². The number of carbonyl (C=O) groups excluding carboxylic acids is 3. The number of aromatic nitrogens is 4. The van der Waals surface area contributed by atoms with Crippen LogP contribution in [0.3, 0.4) is 0 Å². The van der Waals surface area contributed by atoms with Gasteiger partial charge in [-0.3, -0.25) is 0 Å². The number of rotatable bonds is 7. The number of carbonyl (C=O) groups is 3. The molecular formula is C20H22N6O5. The molecule has 2 amide bonds. The quantitative estimate of drug-likeness (QED) is 0.495. The Labute approximate surface area is 178 Å². The number of hydrogen-bond donors (Lipinski definition) is 2. The highest BCUT2D eigenvalue weighted by Crippen LogP contribution is 2.17. The van der Waals surface area contributed by atoms with Gasteiger partial charge in [0.05, 0.1) is 23.9 Å². The Bertz CT molecular complexity index is 1040. The summed E-state index contributed by atoms with van der Waals surface area (Å²) in [5.74, 6) is -0.963. The third kappa shape index (κ3) is 5.13. The third-order valence-electron chi connectivity index (χ3n) is 4.38. The Kier molecular flexibility index (Phi) is 6.75. The number of nitrogens with zero attached hydrogens (tertiary/aromatic N) is 4. The van der Waals surface area contributed by atoms with Crippen LogP contribution in [0, 0.1) is 6.92 Å². The molecular weight excluding hydrogens is 404 g/mol. The van der Waals surface area contributed by atoms with Crippen LogP contribution in [0.15, 0.2) is 41.6 Å². The second-order valence-corrected chi connectivity index (χ2v) is 6.59. The topological polar surface area (TPSA) is 137 Å². The molecule has 0 fully saturated rings. The second-order valence-electron chi connectivity index (χ2n) is 6.59. The predicted octanol–water partition coefficient (Wildman–Crippen LogP) is 1.04. The van der Waals surface area contributed by atoms with Crippen LogP contribution in [-0.4, -0.2) is 57.4 Å². The molecule has 3 rings (SSSR count). The largest absolute Gasteiger partial charge is 0.463 e. The molecule has 2 N–H and O–H groups in total. The molecule has 0 saturated carbocycles. The zero-order valence-corrected chi connectivity index (χ0v) is 17.3. The van der Waals surface area contributed by atoms with Gasteiger partial charge in [-0.25, -0.2) is 14.4 Å². The van der Waals surface area contributed by atoms with Gasteiger partial charge in [0, 0.05) is 0 Å². The number of urea groups is 1. The van der Waals surface area contributed by atoms with Crippen LogP contribution in [-0.2, 0) is 19.1 Å². The molecule has 0 bridgehead atoms. The van der Waals surface area contributed by atoms with Crippen molar-refractivity contribution in [2.75, 3.05) is 13.2 Å². The van der Waals surface area contributed by atoms with Crippen molar-refractivity contribution in [3.63, 3.8) is 0 Å². The highest BCUT2D eigenvalue weighted by Gasteiger charge is 2.30. The molecule has 11 nitrogen and oxygen atoms in total. The standard InChI is InChI=1S/C20H22N6O5/c1-4-30-19(28)17-12(2)21-20(29)22-15(17)11-31-18(27)16(26-13(3)23-24-25-26)10-14-8-6-5-7-9-14/h5-10,12H,4,11H2,1-3H3,(H2,21,22,29)/b16-10-. The first kappa shape index (κ1) is 21.7. The average Bonchev–Trinajstić information content (AvgIpc) is 3.16. The first-order valence-electron chi connectivity index (χ1n) is 9.57. The van der Waals surface area contributed by atoms with Crippen molar-refractivity contribution in [2.24, 2.45) is 0 Å². The monoisotopic (exact) mass is 426 g/mol. The van der Waals surface area contributed by atoms with E-state index in [1.807, 2.05) is 30.3 Å². The summed E-state index contributed by atoms with van der Waals surface area (Å²) in [5.41, 5.74) is 1.14. The van der Waals surface area contributed by atoms with E-state index >= 15 is 0 Å². The van der Waals surface area contributed by atoms with E-state index in [-0.39, 0.29) is 30.2 Å². The fourth-order valence-corrected chi connectivity index (χ4v) is 2.97. The molecule has 1 aliphatic heterocycles. The van der Waals surface area contributed by atoms with Gasteiger partial charge in [-0.1, -0.05) is 30.3 Å². The molecule has 1 aliphatic rings. The van der Waals surface area contributed by atoms with Gasteiger partial charge in [0.25, 0.3) is 0 Å². The first-order valence-corrected chi connectivity index (χ1v) is 9.57. The molecule has 1 aromatic carbocycles. The van der Waals surface area contributed by atoms with Gasteiger partial charge in [-0.15, -0.1) is 5.10 Å². The van der Waals surface area contributed by atoms with Gasteiger partial charge in [0.15, 0.2) is 11.5 Å². The highest BCUT2D eigenvalue weighted by atomic mass is 16.5. The number of amides is 2. The van der Waals surface area contributed by atoms with Crippen LogP contribution in [0.4, 0.5) is 4.79 Å². The molecule has 1 aromatic heterocycles. The van der Waals surface area contributed by atoms with E-state index < -0.39 is 24.0 Å². The van der Waals surface area contributed by atoms with E-state index in [9.17, 15) is 14.4 Å². The average molecular weight is 426 g/mol. The lowest BCUT2D eigenvalue weighted by atomic mass is 10.0. The number of esters is 2. The van der Waals surface area contributed by atoms with Crippen LogP contribution < -0.4 is 10.6 Å². The van der Waals surface area contributed by atoms with Gasteiger partial charge >= 0.3 is 18.0 Å². The molecule has 0 saturated heterocycles. The van der Waals surface area contributed by atoms with Crippen LogP contribution in [0.25, 0.3) is 11.8 Å². The highest BCUT2D eigenvalue weighted by molar-refractivity contribution is 6.15. The molecule has 0 spiro atoms. The summed E-state index contributed by atoms with van der Waals surface area (Å²) in [4.78, 5) is 37.1. The van der Waals surface area contributed by atoms with Gasteiger partial charge < -0.3 is 20.1 Å². The zero-order chi connectivity index (χ0) is 22.4. The molecule has 0 radical (unpaired) electrons. The molecule has 162 valence electrons. The molecule has 1 atom stereocenters. The van der Waals surface area contributed by atoms with Crippen LogP contribution in [0.5, 0.6) is 0 Å². The lowest BCUT2D eigenvalue weighted by Crippen LogP contribution is -2.50. The van der Waals surface area contributed by atoms with Crippen LogP contribution >= 0.6 is 0 Å². The summed E-state index contributed by atoms with van der Waals surface area (Å²) in [5, 5.41) is 16.3. The Morgan fingerprint density at radius 3 is 2.61 bits per heavy atom. The SMILES string of the molecule is CCOC(=O)C1=C(COC(=O)/C(=C/c2ccccc2)n2nnnc2C)NC(=O)NC1C. The van der Waals surface area contributed by atoms with E-state index in [0.29, 0.717) is 5.82 Å². The lowest BCUT2D eigenvalue weighted by Gasteiger charge is -2.26. The second kappa shape index (κ2) is 9.65. The van der Waals surface area contributed by atoms with E-state index in [2.05, 4.69) is 26.2 Å². The Hall–Kier alpha value is -4.02. The number of hydrogen-bond acceptors (Lipinski definition) is 8. The van der Waals surface area contributed by atoms with Gasteiger partial charge in [0.2, 0.25) is 0 Å². The van der Waals surface area contributed by atoms with Crippen molar-refractivity contribution in [3.8, 4) is 0 Å². The Morgan fingerprint density at radius 2 is 1.97 bits per heavy atom. The van der Waals surface area contributed by atoms with Crippen molar-refractivity contribution < 1.29 is 23.9 Å². The minimum absolute atomic E-state index is 0.0697. The fourth-order valence-electron chi connectivity index (χ4n) is 2.97. The maximum absolute atomic E-state index is 12.9. The third-order valence-corrected chi connectivity index (χ3v) is 4.38. The van der Waals surface area contributed by atoms with E-state index in [1.165, 1.54) is 4.68 Å². The molecule has 11 heteroatoms. The van der Waals surface area contributed by atoms with Crippen molar-refractivity contribution in [1.82, 2.24) is 30.8 Å². The maximum Gasteiger partial charge on any atom is 0.357 e. The number of aryl methyl sites for hydroxylation is 1. The molecule has 31 heavy (non-hydrogen) atoms. The summed E-state index contributed by atoms with van der Waals surface area (Å²) in [6.07, 6.45) is 1.58. The van der Waals surface area contributed by atoms with Gasteiger partial charge in [0.1, 0.15) is 6.61 Å². The van der Waals surface area contributed by atoms with Gasteiger partial charge in [-0.05, 0) is 42.8 Å². The van der Waals surface area contributed by atoms with Crippen LogP contribution in [0.2, 0.25) is 0 Å². The molecule has 2 heterocycles. The first-order chi connectivity index (χ1) is 14.9. The number of tetrazole rings is 1. The summed E-state index contributed by atoms with van der Waals surface area (Å²) >= 11 is 0. The van der Waals surface area contributed by atoms with E-state index in [1.54, 1.807) is 26.8 Å². The summed E-state index contributed by atoms with van der Waals surface area (Å²) in [6.45, 7) is 4.77. The van der Waals surface area contributed by atoms with Crippen molar-refractivity contribution in [1.29, 1.82) is 0 Å². The maximum atomic E-state index is 12.9. The fraction of sp³-hybridized carbons (Fsp3) is 0.300.